The van der Waals surface area contributed by atoms with Gasteiger partial charge in [-0.15, -0.1) is 10.2 Å². The smallest absolute Gasteiger partial charge is 0.268 e. The van der Waals surface area contributed by atoms with E-state index >= 15 is 0 Å². The molecule has 106 valence electrons. The van der Waals surface area contributed by atoms with E-state index in [4.69, 9.17) is 5.26 Å². The average Bonchev–Trinajstić information content (AvgIpc) is 2.94. The minimum atomic E-state index is -0.538. The maximum Gasteiger partial charge on any atom is 0.268 e. The Bertz CT molecular complexity index is 713. The molecule has 0 aliphatic carbocycles. The fourth-order valence-corrected chi connectivity index (χ4v) is 2.17. The van der Waals surface area contributed by atoms with Crippen LogP contribution in [0.2, 0.25) is 0 Å². The molecule has 0 spiro atoms. The Morgan fingerprint density at radius 2 is 2.14 bits per heavy atom. The number of carbonyl (C=O) groups is 1. The Labute approximate surface area is 125 Å². The summed E-state index contributed by atoms with van der Waals surface area (Å²) >= 11 is 1.27. The molecule has 0 bridgehead atoms. The van der Waals surface area contributed by atoms with Crippen LogP contribution in [-0.2, 0) is 11.2 Å². The summed E-state index contributed by atoms with van der Waals surface area (Å²) in [7, 11) is 0. The van der Waals surface area contributed by atoms with Gasteiger partial charge in [0.15, 0.2) is 0 Å². The lowest BCUT2D eigenvalue weighted by molar-refractivity contribution is -0.112. The molecule has 0 atom stereocenters. The number of amides is 1. The Balaban J connectivity index is 2.15. The molecule has 6 nitrogen and oxygen atoms in total. The molecule has 0 aliphatic heterocycles. The molecule has 2 N–H and O–H groups in total. The monoisotopic (exact) mass is 300 g/mol. The number of anilines is 1. The Morgan fingerprint density at radius 3 is 2.71 bits per heavy atom. The van der Waals surface area contributed by atoms with E-state index in [0.29, 0.717) is 10.7 Å². The van der Waals surface area contributed by atoms with E-state index in [1.165, 1.54) is 29.5 Å². The van der Waals surface area contributed by atoms with Gasteiger partial charge >= 0.3 is 0 Å². The molecular weight excluding hydrogens is 288 g/mol. The van der Waals surface area contributed by atoms with Crippen molar-refractivity contribution in [3.63, 3.8) is 0 Å². The van der Waals surface area contributed by atoms with E-state index in [2.05, 4.69) is 15.5 Å². The molecule has 1 heterocycles. The molecule has 0 saturated heterocycles. The second-order valence-electron chi connectivity index (χ2n) is 4.07. The second kappa shape index (κ2) is 6.63. The number of rotatable bonds is 4. The molecule has 1 amide bonds. The Hall–Kier alpha value is -2.72. The number of nitrogens with one attached hydrogen (secondary N) is 1. The fraction of sp³-hybridized carbons (Fsp3) is 0.143. The lowest BCUT2D eigenvalue weighted by Gasteiger charge is -2.00. The van der Waals surface area contributed by atoms with Crippen LogP contribution < -0.4 is 5.32 Å². The van der Waals surface area contributed by atoms with Crippen molar-refractivity contribution >= 4 is 28.5 Å². The summed E-state index contributed by atoms with van der Waals surface area (Å²) in [5, 5.41) is 29.7. The van der Waals surface area contributed by atoms with E-state index in [1.54, 1.807) is 12.1 Å². The molecule has 21 heavy (non-hydrogen) atoms. The van der Waals surface area contributed by atoms with Crippen molar-refractivity contribution < 1.29 is 9.90 Å². The molecule has 0 saturated carbocycles. The molecule has 1 aromatic heterocycles. The van der Waals surface area contributed by atoms with Crippen molar-refractivity contribution in [2.24, 2.45) is 0 Å². The molecule has 0 unspecified atom stereocenters. The number of aromatic hydroxyl groups is 1. The van der Waals surface area contributed by atoms with E-state index in [0.717, 1.165) is 11.4 Å². The number of phenolic OH excluding ortho intramolecular Hbond substituents is 1. The van der Waals surface area contributed by atoms with Gasteiger partial charge < -0.3 is 5.11 Å². The first-order valence-corrected chi connectivity index (χ1v) is 6.98. The molecule has 7 heteroatoms. The maximum atomic E-state index is 12.0. The third-order valence-corrected chi connectivity index (χ3v) is 3.54. The predicted octanol–water partition coefficient (Wildman–Crippen LogP) is 2.35. The van der Waals surface area contributed by atoms with Crippen LogP contribution >= 0.6 is 11.3 Å². The molecule has 0 radical (unpaired) electrons. The number of phenols is 1. The zero-order valence-corrected chi connectivity index (χ0v) is 12.0. The van der Waals surface area contributed by atoms with Gasteiger partial charge in [-0.3, -0.25) is 10.1 Å². The van der Waals surface area contributed by atoms with Gasteiger partial charge in [-0.2, -0.15) is 5.26 Å². The number of carbonyl (C=O) groups excluding carboxylic acids is 1. The van der Waals surface area contributed by atoms with Crippen LogP contribution in [0.4, 0.5) is 5.13 Å². The van der Waals surface area contributed by atoms with Crippen molar-refractivity contribution in [3.05, 3.63) is 40.4 Å². The standard InChI is InChI=1S/C14H12N4O2S/c1-2-12-17-18-14(21-12)16-13(20)10(8-15)7-9-3-5-11(19)6-4-9/h3-7,19H,2H2,1H3,(H,16,18,20). The summed E-state index contributed by atoms with van der Waals surface area (Å²) < 4.78 is 0. The van der Waals surface area contributed by atoms with Gasteiger partial charge in [0.05, 0.1) is 0 Å². The van der Waals surface area contributed by atoms with Crippen LogP contribution in [0, 0.1) is 11.3 Å². The summed E-state index contributed by atoms with van der Waals surface area (Å²) in [6, 6.07) is 8.04. The van der Waals surface area contributed by atoms with Crippen LogP contribution in [0.25, 0.3) is 6.08 Å². The van der Waals surface area contributed by atoms with Crippen molar-refractivity contribution in [1.29, 1.82) is 5.26 Å². The second-order valence-corrected chi connectivity index (χ2v) is 5.13. The first-order valence-electron chi connectivity index (χ1n) is 6.17. The third-order valence-electron chi connectivity index (χ3n) is 2.56. The molecule has 0 fully saturated rings. The highest BCUT2D eigenvalue weighted by molar-refractivity contribution is 7.15. The SMILES string of the molecule is CCc1nnc(NC(=O)C(C#N)=Cc2ccc(O)cc2)s1. The summed E-state index contributed by atoms with van der Waals surface area (Å²) in [5.74, 6) is -0.416. The number of nitriles is 1. The predicted molar refractivity (Wildman–Crippen MR) is 79.6 cm³/mol. The van der Waals surface area contributed by atoms with Crippen molar-refractivity contribution in [2.45, 2.75) is 13.3 Å². The Kier molecular flexibility index (Phi) is 4.64. The first-order chi connectivity index (χ1) is 10.1. The number of aryl methyl sites for hydroxylation is 1. The minimum Gasteiger partial charge on any atom is -0.508 e. The van der Waals surface area contributed by atoms with Crippen LogP contribution in [0.5, 0.6) is 5.75 Å². The largest absolute Gasteiger partial charge is 0.508 e. The zero-order chi connectivity index (χ0) is 15.2. The van der Waals surface area contributed by atoms with Gasteiger partial charge in [-0.05, 0) is 30.2 Å². The van der Waals surface area contributed by atoms with Gasteiger partial charge in [0.1, 0.15) is 22.4 Å². The third kappa shape index (κ3) is 3.87. The average molecular weight is 300 g/mol. The maximum absolute atomic E-state index is 12.0. The van der Waals surface area contributed by atoms with Gasteiger partial charge in [-0.25, -0.2) is 0 Å². The minimum absolute atomic E-state index is 0.0473. The molecule has 2 aromatic rings. The molecule has 1 aromatic carbocycles. The number of benzene rings is 1. The number of aromatic nitrogens is 2. The molecular formula is C14H12N4O2S. The summed E-state index contributed by atoms with van der Waals surface area (Å²) in [4.78, 5) is 12.0. The highest BCUT2D eigenvalue weighted by atomic mass is 32.1. The van der Waals surface area contributed by atoms with E-state index in [1.807, 2.05) is 13.0 Å². The summed E-state index contributed by atoms with van der Waals surface area (Å²) in [5.41, 5.74) is 0.597. The van der Waals surface area contributed by atoms with E-state index in [-0.39, 0.29) is 11.3 Å². The number of nitrogens with zero attached hydrogens (tertiary/aromatic N) is 3. The van der Waals surface area contributed by atoms with Crippen LogP contribution in [-0.4, -0.2) is 21.2 Å². The van der Waals surface area contributed by atoms with Gasteiger partial charge in [0, 0.05) is 0 Å². The Morgan fingerprint density at radius 1 is 1.43 bits per heavy atom. The first kappa shape index (κ1) is 14.7. The number of hydrogen-bond acceptors (Lipinski definition) is 6. The van der Waals surface area contributed by atoms with Crippen molar-refractivity contribution in [1.82, 2.24) is 10.2 Å². The highest BCUT2D eigenvalue weighted by Gasteiger charge is 2.12. The zero-order valence-electron chi connectivity index (χ0n) is 11.2. The van der Waals surface area contributed by atoms with Gasteiger partial charge in [-0.1, -0.05) is 30.4 Å². The van der Waals surface area contributed by atoms with E-state index in [9.17, 15) is 9.90 Å². The number of hydrogen-bond donors (Lipinski definition) is 2. The lowest BCUT2D eigenvalue weighted by atomic mass is 10.1. The van der Waals surface area contributed by atoms with E-state index < -0.39 is 5.91 Å². The molecule has 0 aliphatic rings. The fourth-order valence-electron chi connectivity index (χ4n) is 1.50. The van der Waals surface area contributed by atoms with Crippen LogP contribution in [0.1, 0.15) is 17.5 Å². The van der Waals surface area contributed by atoms with Crippen molar-refractivity contribution in [2.75, 3.05) is 5.32 Å². The normalized spacial score (nSPS) is 11.0. The lowest BCUT2D eigenvalue weighted by Crippen LogP contribution is -2.13. The summed E-state index contributed by atoms with van der Waals surface area (Å²) in [6.07, 6.45) is 2.18. The quantitative estimate of drug-likeness (QED) is 0.667. The van der Waals surface area contributed by atoms with Crippen LogP contribution in [0.15, 0.2) is 29.8 Å². The van der Waals surface area contributed by atoms with Crippen LogP contribution in [0.3, 0.4) is 0 Å². The van der Waals surface area contributed by atoms with Gasteiger partial charge in [0.2, 0.25) is 5.13 Å². The highest BCUT2D eigenvalue weighted by Crippen LogP contribution is 2.17. The topological polar surface area (TPSA) is 98.9 Å². The van der Waals surface area contributed by atoms with Crippen molar-refractivity contribution in [3.8, 4) is 11.8 Å². The van der Waals surface area contributed by atoms with Gasteiger partial charge in [0.25, 0.3) is 5.91 Å². The summed E-state index contributed by atoms with van der Waals surface area (Å²) in [6.45, 7) is 1.94. The molecule has 2 rings (SSSR count).